The number of aldehydes is 1. The number of benzene rings is 2. The van der Waals surface area contributed by atoms with Crippen molar-refractivity contribution >= 4 is 38.6 Å². The molecule has 0 aliphatic carbocycles. The molecule has 0 aliphatic heterocycles. The van der Waals surface area contributed by atoms with Crippen LogP contribution >= 0.6 is 11.6 Å². The average molecular weight is 321 g/mol. The Morgan fingerprint density at radius 2 is 1.76 bits per heavy atom. The van der Waals surface area contributed by atoms with Crippen molar-refractivity contribution < 1.29 is 13.2 Å². The highest BCUT2D eigenvalue weighted by Crippen LogP contribution is 2.31. The number of nitrogens with zero attached hydrogens (tertiary/aromatic N) is 1. The Bertz CT molecular complexity index is 948. The molecule has 3 rings (SSSR count). The van der Waals surface area contributed by atoms with Crippen LogP contribution in [0.25, 0.3) is 10.9 Å². The minimum Gasteiger partial charge on any atom is -0.296 e. The first kappa shape index (κ1) is 13.8. The molecule has 1 aromatic heterocycles. The van der Waals surface area contributed by atoms with Crippen molar-refractivity contribution in [2.45, 2.75) is 9.79 Å². The Kier molecular flexibility index (Phi) is 3.27. The van der Waals surface area contributed by atoms with Gasteiger partial charge in [0.05, 0.1) is 14.8 Å². The van der Waals surface area contributed by atoms with Crippen molar-refractivity contribution in [3.63, 3.8) is 0 Å². The quantitative estimate of drug-likeness (QED) is 0.752. The van der Waals surface area contributed by atoms with Gasteiger partial charge in [-0.1, -0.05) is 35.9 Å². The molecule has 0 amide bonds. The lowest BCUT2D eigenvalue weighted by Crippen LogP contribution is -2.03. The fourth-order valence-electron chi connectivity index (χ4n) is 2.12. The molecule has 0 unspecified atom stereocenters. The van der Waals surface area contributed by atoms with Gasteiger partial charge in [-0.25, -0.2) is 8.42 Å². The summed E-state index contributed by atoms with van der Waals surface area (Å²) in [6.07, 6.45) is 0.598. The molecule has 1 N–H and O–H groups in total. The van der Waals surface area contributed by atoms with Crippen LogP contribution in [0.15, 0.2) is 52.3 Å². The Balaban J connectivity index is 2.32. The lowest BCUT2D eigenvalue weighted by Gasteiger charge is -2.06. The second kappa shape index (κ2) is 4.98. The second-order valence-corrected chi connectivity index (χ2v) is 6.64. The van der Waals surface area contributed by atoms with Crippen molar-refractivity contribution in [3.8, 4) is 0 Å². The molecule has 1 heterocycles. The van der Waals surface area contributed by atoms with E-state index < -0.39 is 9.84 Å². The van der Waals surface area contributed by atoms with E-state index in [1.54, 1.807) is 24.3 Å². The molecule has 0 atom stereocenters. The number of aromatic nitrogens is 2. The van der Waals surface area contributed by atoms with Crippen molar-refractivity contribution in [3.05, 3.63) is 53.2 Å². The number of hydrogen-bond acceptors (Lipinski definition) is 4. The SMILES string of the molecule is O=Cc1[nH]nc2c(S(=O)(=O)c3ccccc3Cl)cccc12. The zero-order valence-electron chi connectivity index (χ0n) is 10.6. The summed E-state index contributed by atoms with van der Waals surface area (Å²) >= 11 is 5.98. The van der Waals surface area contributed by atoms with Gasteiger partial charge < -0.3 is 0 Å². The van der Waals surface area contributed by atoms with E-state index in [1.807, 2.05) is 0 Å². The van der Waals surface area contributed by atoms with Crippen LogP contribution in [0.3, 0.4) is 0 Å². The Hall–Kier alpha value is -2.18. The fourth-order valence-corrected chi connectivity index (χ4v) is 4.05. The normalized spacial score (nSPS) is 11.7. The minimum atomic E-state index is -3.82. The van der Waals surface area contributed by atoms with Crippen LogP contribution in [-0.4, -0.2) is 24.9 Å². The molecule has 0 saturated carbocycles. The number of carbonyl (C=O) groups is 1. The summed E-state index contributed by atoms with van der Waals surface area (Å²) in [5, 5.41) is 7.05. The summed E-state index contributed by atoms with van der Waals surface area (Å²) < 4.78 is 25.5. The topological polar surface area (TPSA) is 79.9 Å². The van der Waals surface area contributed by atoms with Gasteiger partial charge in [0.15, 0.2) is 6.29 Å². The Morgan fingerprint density at radius 1 is 1.05 bits per heavy atom. The highest BCUT2D eigenvalue weighted by molar-refractivity contribution is 7.91. The molecule has 0 aliphatic rings. The molecule has 0 radical (unpaired) electrons. The van der Waals surface area contributed by atoms with Gasteiger partial charge in [0.1, 0.15) is 11.2 Å². The smallest absolute Gasteiger partial charge is 0.210 e. The molecule has 0 bridgehead atoms. The third-order valence-electron chi connectivity index (χ3n) is 3.11. The van der Waals surface area contributed by atoms with E-state index in [0.717, 1.165) is 0 Å². The first-order valence-electron chi connectivity index (χ1n) is 5.97. The van der Waals surface area contributed by atoms with Crippen LogP contribution < -0.4 is 0 Å². The van der Waals surface area contributed by atoms with Gasteiger partial charge in [0, 0.05) is 5.39 Å². The molecule has 106 valence electrons. The lowest BCUT2D eigenvalue weighted by molar-refractivity contribution is 0.112. The van der Waals surface area contributed by atoms with E-state index in [0.29, 0.717) is 11.7 Å². The van der Waals surface area contributed by atoms with Gasteiger partial charge in [-0.05, 0) is 18.2 Å². The van der Waals surface area contributed by atoms with Gasteiger partial charge in [-0.3, -0.25) is 9.89 Å². The molecule has 2 aromatic carbocycles. The fraction of sp³-hybridized carbons (Fsp3) is 0. The van der Waals surface area contributed by atoms with E-state index in [-0.39, 0.29) is 26.0 Å². The summed E-state index contributed by atoms with van der Waals surface area (Å²) in [5.74, 6) is 0. The Morgan fingerprint density at radius 3 is 2.48 bits per heavy atom. The van der Waals surface area contributed by atoms with Crippen LogP contribution in [-0.2, 0) is 9.84 Å². The van der Waals surface area contributed by atoms with E-state index in [9.17, 15) is 13.2 Å². The van der Waals surface area contributed by atoms with Gasteiger partial charge in [0.2, 0.25) is 9.84 Å². The van der Waals surface area contributed by atoms with Crippen LogP contribution in [0.4, 0.5) is 0 Å². The first-order valence-corrected chi connectivity index (χ1v) is 7.83. The summed E-state index contributed by atoms with van der Waals surface area (Å²) in [6.45, 7) is 0. The number of rotatable bonds is 3. The molecule has 0 saturated heterocycles. The largest absolute Gasteiger partial charge is 0.296 e. The van der Waals surface area contributed by atoms with E-state index in [4.69, 9.17) is 11.6 Å². The highest BCUT2D eigenvalue weighted by atomic mass is 35.5. The van der Waals surface area contributed by atoms with Crippen LogP contribution in [0.5, 0.6) is 0 Å². The van der Waals surface area contributed by atoms with E-state index in [2.05, 4.69) is 10.2 Å². The zero-order chi connectivity index (χ0) is 15.0. The second-order valence-electron chi connectivity index (χ2n) is 4.34. The monoisotopic (exact) mass is 320 g/mol. The average Bonchev–Trinajstić information content (AvgIpc) is 2.90. The molecule has 21 heavy (non-hydrogen) atoms. The third-order valence-corrected chi connectivity index (χ3v) is 5.40. The van der Waals surface area contributed by atoms with Gasteiger partial charge in [-0.15, -0.1) is 0 Å². The summed E-state index contributed by atoms with van der Waals surface area (Å²) in [4.78, 5) is 10.9. The molecular weight excluding hydrogens is 312 g/mol. The number of para-hydroxylation sites is 1. The predicted molar refractivity (Wildman–Crippen MR) is 78.4 cm³/mol. The Labute approximate surface area is 125 Å². The van der Waals surface area contributed by atoms with E-state index >= 15 is 0 Å². The standard InChI is InChI=1S/C14H9ClN2O3S/c15-10-5-1-2-6-12(10)21(19,20)13-7-3-4-9-11(8-18)16-17-14(9)13/h1-8H,(H,16,17). The van der Waals surface area contributed by atoms with Crippen LogP contribution in [0, 0.1) is 0 Å². The maximum Gasteiger partial charge on any atom is 0.210 e. The zero-order valence-corrected chi connectivity index (χ0v) is 12.1. The van der Waals surface area contributed by atoms with Gasteiger partial charge in [0.25, 0.3) is 0 Å². The first-order chi connectivity index (χ1) is 10.1. The summed E-state index contributed by atoms with van der Waals surface area (Å²) in [7, 11) is -3.82. The predicted octanol–water partition coefficient (Wildman–Crippen LogP) is 2.86. The minimum absolute atomic E-state index is 0.00909. The molecular formula is C14H9ClN2O3S. The third kappa shape index (κ3) is 2.12. The number of H-pyrrole nitrogens is 1. The number of carbonyl (C=O) groups excluding carboxylic acids is 1. The number of aromatic amines is 1. The number of hydrogen-bond donors (Lipinski definition) is 1. The molecule has 5 nitrogen and oxygen atoms in total. The van der Waals surface area contributed by atoms with Crippen LogP contribution in [0.2, 0.25) is 5.02 Å². The number of nitrogens with one attached hydrogen (secondary N) is 1. The molecule has 0 fully saturated rings. The van der Waals surface area contributed by atoms with Crippen molar-refractivity contribution in [1.29, 1.82) is 0 Å². The maximum atomic E-state index is 12.7. The van der Waals surface area contributed by atoms with Crippen molar-refractivity contribution in [2.24, 2.45) is 0 Å². The lowest BCUT2D eigenvalue weighted by atomic mass is 10.2. The summed E-state index contributed by atoms with van der Waals surface area (Å²) in [6, 6.07) is 10.8. The summed E-state index contributed by atoms with van der Waals surface area (Å²) in [5.41, 5.74) is 0.459. The maximum absolute atomic E-state index is 12.7. The van der Waals surface area contributed by atoms with Gasteiger partial charge >= 0.3 is 0 Å². The van der Waals surface area contributed by atoms with Crippen LogP contribution in [0.1, 0.15) is 10.5 Å². The molecule has 3 aromatic rings. The molecule has 0 spiro atoms. The number of halogens is 1. The van der Waals surface area contributed by atoms with Crippen molar-refractivity contribution in [2.75, 3.05) is 0 Å². The number of fused-ring (bicyclic) bond motifs is 1. The van der Waals surface area contributed by atoms with Gasteiger partial charge in [-0.2, -0.15) is 5.10 Å². The molecule has 7 heteroatoms. The number of sulfone groups is 1. The van der Waals surface area contributed by atoms with Crippen molar-refractivity contribution in [1.82, 2.24) is 10.2 Å². The van der Waals surface area contributed by atoms with E-state index in [1.165, 1.54) is 18.2 Å². The highest BCUT2D eigenvalue weighted by Gasteiger charge is 2.24.